The number of halogens is 3. The minimum Gasteiger partial charge on any atom is -0.384 e. The largest absolute Gasteiger partial charge is 0.433 e. The fourth-order valence-corrected chi connectivity index (χ4v) is 1.78. The molecule has 8 heteroatoms. The minimum absolute atomic E-state index is 0.115. The topological polar surface area (TPSA) is 80.5 Å². The highest BCUT2D eigenvalue weighted by molar-refractivity contribution is 5.53. The summed E-state index contributed by atoms with van der Waals surface area (Å²) in [4.78, 5) is 7.26. The van der Waals surface area contributed by atoms with Crippen LogP contribution in [0.1, 0.15) is 30.1 Å². The van der Waals surface area contributed by atoms with E-state index in [0.29, 0.717) is 12.0 Å². The Hall–Kier alpha value is -2.12. The van der Waals surface area contributed by atoms with Crippen molar-refractivity contribution in [1.82, 2.24) is 20.2 Å². The third-order valence-corrected chi connectivity index (χ3v) is 2.88. The number of aromatic amines is 1. The molecular weight excluding hydrogens is 259 g/mol. The molecule has 2 aromatic rings. The minimum atomic E-state index is -4.55. The van der Waals surface area contributed by atoms with E-state index in [-0.39, 0.29) is 17.3 Å². The second-order valence-corrected chi connectivity index (χ2v) is 4.48. The van der Waals surface area contributed by atoms with Gasteiger partial charge in [0.15, 0.2) is 11.5 Å². The summed E-state index contributed by atoms with van der Waals surface area (Å²) in [7, 11) is 0. The van der Waals surface area contributed by atoms with Crippen LogP contribution in [0.5, 0.6) is 0 Å². The summed E-state index contributed by atoms with van der Waals surface area (Å²) in [5.41, 5.74) is 5.49. The van der Waals surface area contributed by atoms with E-state index in [1.54, 1.807) is 6.07 Å². The SMILES string of the molecule is Nc1cc(C(F)(F)F)nc(-c2cc(C3CC3)[nH]n2)n1. The molecular formula is C11H10F3N5. The lowest BCUT2D eigenvalue weighted by Gasteiger charge is -2.07. The zero-order chi connectivity index (χ0) is 13.6. The van der Waals surface area contributed by atoms with Crippen molar-refractivity contribution >= 4 is 5.82 Å². The average Bonchev–Trinajstić information content (AvgIpc) is 3.05. The van der Waals surface area contributed by atoms with Gasteiger partial charge in [-0.25, -0.2) is 9.97 Å². The van der Waals surface area contributed by atoms with Gasteiger partial charge >= 0.3 is 6.18 Å². The van der Waals surface area contributed by atoms with Crippen LogP contribution in [0.4, 0.5) is 19.0 Å². The van der Waals surface area contributed by atoms with Crippen molar-refractivity contribution in [2.75, 3.05) is 5.73 Å². The van der Waals surface area contributed by atoms with Gasteiger partial charge in [0.2, 0.25) is 0 Å². The first-order valence-corrected chi connectivity index (χ1v) is 5.71. The highest BCUT2D eigenvalue weighted by Gasteiger charge is 2.34. The maximum atomic E-state index is 12.6. The van der Waals surface area contributed by atoms with Crippen LogP contribution in [0.15, 0.2) is 12.1 Å². The summed E-state index contributed by atoms with van der Waals surface area (Å²) >= 11 is 0. The van der Waals surface area contributed by atoms with Crippen LogP contribution in [0.2, 0.25) is 0 Å². The van der Waals surface area contributed by atoms with Gasteiger partial charge in [0.05, 0.1) is 0 Å². The monoisotopic (exact) mass is 269 g/mol. The van der Waals surface area contributed by atoms with Gasteiger partial charge in [-0.3, -0.25) is 5.10 Å². The third-order valence-electron chi connectivity index (χ3n) is 2.88. The summed E-state index contributed by atoms with van der Waals surface area (Å²) in [6.45, 7) is 0. The van der Waals surface area contributed by atoms with Crippen LogP contribution in [-0.4, -0.2) is 20.2 Å². The number of aromatic nitrogens is 4. The molecule has 5 nitrogen and oxygen atoms in total. The van der Waals surface area contributed by atoms with Crippen molar-refractivity contribution in [3.8, 4) is 11.5 Å². The number of hydrogen-bond acceptors (Lipinski definition) is 4. The van der Waals surface area contributed by atoms with Crippen LogP contribution in [0.25, 0.3) is 11.5 Å². The Morgan fingerprint density at radius 1 is 1.21 bits per heavy atom. The molecule has 1 fully saturated rings. The van der Waals surface area contributed by atoms with Crippen LogP contribution in [0.3, 0.4) is 0 Å². The van der Waals surface area contributed by atoms with E-state index >= 15 is 0 Å². The van der Waals surface area contributed by atoms with Gasteiger partial charge in [0.25, 0.3) is 0 Å². The molecule has 0 spiro atoms. The van der Waals surface area contributed by atoms with Crippen molar-refractivity contribution in [1.29, 1.82) is 0 Å². The number of nitrogens with two attached hydrogens (primary N) is 1. The van der Waals surface area contributed by atoms with Gasteiger partial charge in [-0.15, -0.1) is 0 Å². The van der Waals surface area contributed by atoms with E-state index in [1.807, 2.05) is 0 Å². The first kappa shape index (κ1) is 11.9. The lowest BCUT2D eigenvalue weighted by atomic mass is 10.2. The van der Waals surface area contributed by atoms with Crippen LogP contribution in [-0.2, 0) is 6.18 Å². The van der Waals surface area contributed by atoms with E-state index < -0.39 is 11.9 Å². The molecule has 0 bridgehead atoms. The number of nitrogens with one attached hydrogen (secondary N) is 1. The zero-order valence-electron chi connectivity index (χ0n) is 9.70. The lowest BCUT2D eigenvalue weighted by Crippen LogP contribution is -2.11. The number of nitrogens with zero attached hydrogens (tertiary/aromatic N) is 3. The smallest absolute Gasteiger partial charge is 0.384 e. The molecule has 1 aliphatic rings. The summed E-state index contributed by atoms with van der Waals surface area (Å²) in [5.74, 6) is 0.0770. The van der Waals surface area contributed by atoms with Crippen molar-refractivity contribution in [2.45, 2.75) is 24.9 Å². The number of hydrogen-bond donors (Lipinski definition) is 2. The number of H-pyrrole nitrogens is 1. The predicted octanol–water partition coefficient (Wildman–Crippen LogP) is 2.35. The summed E-state index contributed by atoms with van der Waals surface area (Å²) in [6, 6.07) is 2.38. The molecule has 3 N–H and O–H groups in total. The average molecular weight is 269 g/mol. The van der Waals surface area contributed by atoms with Crippen molar-refractivity contribution in [3.05, 3.63) is 23.5 Å². The lowest BCUT2D eigenvalue weighted by molar-refractivity contribution is -0.141. The van der Waals surface area contributed by atoms with Crippen molar-refractivity contribution in [2.24, 2.45) is 0 Å². The standard InChI is InChI=1S/C11H10F3N5/c12-11(13,14)8-4-9(15)17-10(16-8)7-3-6(18-19-7)5-1-2-5/h3-5H,1-2H2,(H,18,19)(H2,15,16,17). The Balaban J connectivity index is 2.01. The molecule has 2 heterocycles. The van der Waals surface area contributed by atoms with Crippen LogP contribution < -0.4 is 5.73 Å². The van der Waals surface area contributed by atoms with Gasteiger partial charge < -0.3 is 5.73 Å². The molecule has 0 radical (unpaired) electrons. The molecule has 0 aliphatic heterocycles. The Labute approximate surface area is 106 Å². The Bertz CT molecular complexity index is 615. The first-order valence-electron chi connectivity index (χ1n) is 5.71. The van der Waals surface area contributed by atoms with Gasteiger partial charge in [0, 0.05) is 17.7 Å². The highest BCUT2D eigenvalue weighted by atomic mass is 19.4. The molecule has 0 unspecified atom stereocenters. The number of nitrogen functional groups attached to an aromatic ring is 1. The fraction of sp³-hybridized carbons (Fsp3) is 0.364. The molecule has 2 aromatic heterocycles. The molecule has 3 rings (SSSR count). The van der Waals surface area contributed by atoms with Crippen LogP contribution >= 0.6 is 0 Å². The van der Waals surface area contributed by atoms with Gasteiger partial charge in [0.1, 0.15) is 11.5 Å². The van der Waals surface area contributed by atoms with E-state index in [4.69, 9.17) is 5.73 Å². The summed E-state index contributed by atoms with van der Waals surface area (Å²) in [5, 5.41) is 6.73. The van der Waals surface area contributed by atoms with Gasteiger partial charge in [-0.05, 0) is 18.9 Å². The second kappa shape index (κ2) is 3.94. The summed E-state index contributed by atoms with van der Waals surface area (Å²) in [6.07, 6.45) is -2.43. The van der Waals surface area contributed by atoms with Crippen LogP contribution in [0, 0.1) is 0 Å². The maximum absolute atomic E-state index is 12.6. The Morgan fingerprint density at radius 2 is 1.95 bits per heavy atom. The Morgan fingerprint density at radius 3 is 2.58 bits per heavy atom. The molecule has 0 amide bonds. The van der Waals surface area contributed by atoms with Gasteiger partial charge in [-0.2, -0.15) is 18.3 Å². The second-order valence-electron chi connectivity index (χ2n) is 4.48. The number of anilines is 1. The molecule has 1 aliphatic carbocycles. The molecule has 0 saturated heterocycles. The molecule has 0 aromatic carbocycles. The van der Waals surface area contributed by atoms with Gasteiger partial charge in [-0.1, -0.05) is 0 Å². The molecule has 0 atom stereocenters. The first-order chi connectivity index (χ1) is 8.93. The van der Waals surface area contributed by atoms with E-state index in [1.165, 1.54) is 0 Å². The maximum Gasteiger partial charge on any atom is 0.433 e. The molecule has 19 heavy (non-hydrogen) atoms. The predicted molar refractivity (Wildman–Crippen MR) is 61.0 cm³/mol. The molecule has 100 valence electrons. The zero-order valence-corrected chi connectivity index (χ0v) is 9.70. The normalized spacial score (nSPS) is 15.7. The van der Waals surface area contributed by atoms with Crippen molar-refractivity contribution in [3.63, 3.8) is 0 Å². The third kappa shape index (κ3) is 2.38. The van der Waals surface area contributed by atoms with E-state index in [9.17, 15) is 13.2 Å². The fourth-order valence-electron chi connectivity index (χ4n) is 1.78. The van der Waals surface area contributed by atoms with E-state index in [0.717, 1.165) is 18.5 Å². The quantitative estimate of drug-likeness (QED) is 0.876. The summed E-state index contributed by atoms with van der Waals surface area (Å²) < 4.78 is 37.9. The molecule has 1 saturated carbocycles. The van der Waals surface area contributed by atoms with E-state index in [2.05, 4.69) is 20.2 Å². The van der Waals surface area contributed by atoms with Crippen molar-refractivity contribution < 1.29 is 13.2 Å². The number of rotatable bonds is 2. The highest BCUT2D eigenvalue weighted by Crippen LogP contribution is 2.39. The number of alkyl halides is 3. The Kier molecular flexibility index (Phi) is 2.48.